The van der Waals surface area contributed by atoms with E-state index in [1.807, 2.05) is 6.07 Å². The number of sulfone groups is 1. The second kappa shape index (κ2) is 5.61. The average molecular weight is 282 g/mol. The highest BCUT2D eigenvalue weighted by molar-refractivity contribution is 7.91. The van der Waals surface area contributed by atoms with Crippen LogP contribution >= 0.6 is 0 Å². The van der Waals surface area contributed by atoms with Crippen LogP contribution in [-0.2, 0) is 21.1 Å². The summed E-state index contributed by atoms with van der Waals surface area (Å²) in [5.41, 5.74) is 7.09. The molecule has 1 fully saturated rings. The molecule has 19 heavy (non-hydrogen) atoms. The number of nitrogen functional groups attached to an aromatic ring is 1. The van der Waals surface area contributed by atoms with Crippen LogP contribution in [0.2, 0.25) is 0 Å². The molecular weight excluding hydrogens is 264 g/mol. The minimum Gasteiger partial charge on any atom is -0.399 e. The standard InChI is InChI=1S/C13H18N2O3S/c14-11-4-1-3-10(7-11)8-13(16)15-12-5-2-6-19(17,18)9-12/h1,3-4,7,12H,2,5-6,8-9,14H2,(H,15,16). The first-order valence-electron chi connectivity index (χ1n) is 6.29. The molecule has 1 unspecified atom stereocenters. The Morgan fingerprint density at radius 2 is 2.21 bits per heavy atom. The van der Waals surface area contributed by atoms with Gasteiger partial charge in [0.1, 0.15) is 0 Å². The van der Waals surface area contributed by atoms with Crippen LogP contribution in [0.15, 0.2) is 24.3 Å². The first-order chi connectivity index (χ1) is 8.94. The van der Waals surface area contributed by atoms with Crippen molar-refractivity contribution in [3.63, 3.8) is 0 Å². The number of hydrogen-bond donors (Lipinski definition) is 2. The summed E-state index contributed by atoms with van der Waals surface area (Å²) >= 11 is 0. The summed E-state index contributed by atoms with van der Waals surface area (Å²) in [5.74, 6) is 0.122. The smallest absolute Gasteiger partial charge is 0.224 e. The van der Waals surface area contributed by atoms with Crippen LogP contribution in [-0.4, -0.2) is 31.9 Å². The molecule has 3 N–H and O–H groups in total. The van der Waals surface area contributed by atoms with Crippen molar-refractivity contribution in [3.05, 3.63) is 29.8 Å². The van der Waals surface area contributed by atoms with Gasteiger partial charge < -0.3 is 11.1 Å². The summed E-state index contributed by atoms with van der Waals surface area (Å²) in [4.78, 5) is 11.9. The van der Waals surface area contributed by atoms with Crippen LogP contribution in [0.1, 0.15) is 18.4 Å². The first-order valence-corrected chi connectivity index (χ1v) is 8.11. The first kappa shape index (κ1) is 13.9. The van der Waals surface area contributed by atoms with Gasteiger partial charge in [-0.2, -0.15) is 0 Å². The topological polar surface area (TPSA) is 89.3 Å². The summed E-state index contributed by atoms with van der Waals surface area (Å²) in [6.45, 7) is 0. The van der Waals surface area contributed by atoms with Crippen LogP contribution in [0.3, 0.4) is 0 Å². The Kier molecular flexibility index (Phi) is 4.09. The molecule has 5 nitrogen and oxygen atoms in total. The van der Waals surface area contributed by atoms with Crippen LogP contribution in [0, 0.1) is 0 Å². The molecule has 1 amide bonds. The van der Waals surface area contributed by atoms with Gasteiger partial charge in [0.15, 0.2) is 9.84 Å². The molecule has 1 aliphatic rings. The third-order valence-corrected chi connectivity index (χ3v) is 4.96. The molecule has 0 radical (unpaired) electrons. The predicted molar refractivity (Wildman–Crippen MR) is 74.4 cm³/mol. The second-order valence-electron chi connectivity index (χ2n) is 4.94. The van der Waals surface area contributed by atoms with Crippen molar-refractivity contribution in [1.82, 2.24) is 5.32 Å². The summed E-state index contributed by atoms with van der Waals surface area (Å²) in [7, 11) is -2.99. The lowest BCUT2D eigenvalue weighted by Crippen LogP contribution is -2.43. The van der Waals surface area contributed by atoms with Crippen molar-refractivity contribution in [2.45, 2.75) is 25.3 Å². The zero-order chi connectivity index (χ0) is 13.9. The van der Waals surface area contributed by atoms with Gasteiger partial charge in [0.05, 0.1) is 17.9 Å². The average Bonchev–Trinajstić information content (AvgIpc) is 2.27. The number of rotatable bonds is 3. The molecule has 1 heterocycles. The lowest BCUT2D eigenvalue weighted by Gasteiger charge is -2.23. The fourth-order valence-corrected chi connectivity index (χ4v) is 3.94. The Balaban J connectivity index is 1.91. The monoisotopic (exact) mass is 282 g/mol. The van der Waals surface area contributed by atoms with Crippen molar-refractivity contribution in [2.24, 2.45) is 0 Å². The molecule has 6 heteroatoms. The zero-order valence-electron chi connectivity index (χ0n) is 10.6. The highest BCUT2D eigenvalue weighted by atomic mass is 32.2. The van der Waals surface area contributed by atoms with E-state index in [2.05, 4.69) is 5.32 Å². The molecule has 1 atom stereocenters. The molecule has 1 saturated heterocycles. The maximum absolute atomic E-state index is 11.9. The number of carbonyl (C=O) groups excluding carboxylic acids is 1. The molecule has 0 aliphatic carbocycles. The molecular formula is C13H18N2O3S. The lowest BCUT2D eigenvalue weighted by molar-refractivity contribution is -0.121. The summed E-state index contributed by atoms with van der Waals surface area (Å²) in [6, 6.07) is 6.87. The van der Waals surface area contributed by atoms with E-state index < -0.39 is 9.84 Å². The molecule has 0 aromatic heterocycles. The Bertz CT molecular complexity index is 569. The van der Waals surface area contributed by atoms with Gasteiger partial charge in [-0.15, -0.1) is 0 Å². The zero-order valence-corrected chi connectivity index (χ0v) is 11.4. The van der Waals surface area contributed by atoms with E-state index in [-0.39, 0.29) is 29.9 Å². The number of benzene rings is 1. The molecule has 1 aromatic rings. The number of amides is 1. The van der Waals surface area contributed by atoms with E-state index in [9.17, 15) is 13.2 Å². The van der Waals surface area contributed by atoms with Crippen molar-refractivity contribution in [3.8, 4) is 0 Å². The molecule has 2 rings (SSSR count). The lowest BCUT2D eigenvalue weighted by atomic mass is 10.1. The quantitative estimate of drug-likeness (QED) is 0.790. The Morgan fingerprint density at radius 1 is 1.42 bits per heavy atom. The van der Waals surface area contributed by atoms with Crippen molar-refractivity contribution in [2.75, 3.05) is 17.2 Å². The van der Waals surface area contributed by atoms with E-state index in [0.29, 0.717) is 12.1 Å². The highest BCUT2D eigenvalue weighted by Crippen LogP contribution is 2.13. The Labute approximate surface area is 113 Å². The number of carbonyl (C=O) groups is 1. The maximum Gasteiger partial charge on any atom is 0.224 e. The molecule has 104 valence electrons. The van der Waals surface area contributed by atoms with Crippen molar-refractivity contribution >= 4 is 21.4 Å². The van der Waals surface area contributed by atoms with Gasteiger partial charge in [0.25, 0.3) is 0 Å². The van der Waals surface area contributed by atoms with Gasteiger partial charge >= 0.3 is 0 Å². The van der Waals surface area contributed by atoms with Gasteiger partial charge in [0, 0.05) is 11.7 Å². The number of nitrogens with two attached hydrogens (primary N) is 1. The Morgan fingerprint density at radius 3 is 2.89 bits per heavy atom. The van der Waals surface area contributed by atoms with E-state index >= 15 is 0 Å². The number of anilines is 1. The maximum atomic E-state index is 11.9. The predicted octanol–water partition coefficient (Wildman–Crippen LogP) is 0.505. The van der Waals surface area contributed by atoms with E-state index in [0.717, 1.165) is 12.0 Å². The fourth-order valence-electron chi connectivity index (χ4n) is 2.30. The number of nitrogens with one attached hydrogen (secondary N) is 1. The molecule has 0 bridgehead atoms. The van der Waals surface area contributed by atoms with Crippen LogP contribution < -0.4 is 11.1 Å². The van der Waals surface area contributed by atoms with Crippen molar-refractivity contribution < 1.29 is 13.2 Å². The third kappa shape index (κ3) is 4.24. The Hall–Kier alpha value is -1.56. The summed E-state index contributed by atoms with van der Waals surface area (Å²) in [6.07, 6.45) is 1.56. The van der Waals surface area contributed by atoms with Gasteiger partial charge in [-0.1, -0.05) is 12.1 Å². The molecule has 0 spiro atoms. The van der Waals surface area contributed by atoms with Gasteiger partial charge in [0.2, 0.25) is 5.91 Å². The third-order valence-electron chi connectivity index (χ3n) is 3.14. The summed E-state index contributed by atoms with van der Waals surface area (Å²) < 4.78 is 23.0. The second-order valence-corrected chi connectivity index (χ2v) is 7.17. The molecule has 1 aromatic carbocycles. The minimum atomic E-state index is -2.99. The van der Waals surface area contributed by atoms with Crippen molar-refractivity contribution in [1.29, 1.82) is 0 Å². The SMILES string of the molecule is Nc1cccc(CC(=O)NC2CCCS(=O)(=O)C2)c1. The number of hydrogen-bond acceptors (Lipinski definition) is 4. The minimum absolute atomic E-state index is 0.0513. The van der Waals surface area contributed by atoms with Crippen LogP contribution in [0.4, 0.5) is 5.69 Å². The van der Waals surface area contributed by atoms with Gasteiger partial charge in [-0.05, 0) is 30.5 Å². The fraction of sp³-hybridized carbons (Fsp3) is 0.462. The van der Waals surface area contributed by atoms with E-state index in [1.54, 1.807) is 18.2 Å². The summed E-state index contributed by atoms with van der Waals surface area (Å²) in [5, 5.41) is 2.78. The molecule has 1 aliphatic heterocycles. The van der Waals surface area contributed by atoms with E-state index in [1.165, 1.54) is 0 Å². The van der Waals surface area contributed by atoms with Crippen LogP contribution in [0.5, 0.6) is 0 Å². The normalized spacial score (nSPS) is 21.8. The van der Waals surface area contributed by atoms with Gasteiger partial charge in [-0.25, -0.2) is 8.42 Å². The van der Waals surface area contributed by atoms with Gasteiger partial charge in [-0.3, -0.25) is 4.79 Å². The molecule has 0 saturated carbocycles. The largest absolute Gasteiger partial charge is 0.399 e. The highest BCUT2D eigenvalue weighted by Gasteiger charge is 2.25. The van der Waals surface area contributed by atoms with Crippen LogP contribution in [0.25, 0.3) is 0 Å². The van der Waals surface area contributed by atoms with E-state index in [4.69, 9.17) is 5.73 Å².